The molecule has 5 heavy (non-hydrogen) atoms. The topological polar surface area (TPSA) is 0 Å². The van der Waals surface area contributed by atoms with Gasteiger partial charge < -0.3 is 0 Å². The van der Waals surface area contributed by atoms with Gasteiger partial charge in [0.1, 0.15) is 0 Å². The molecule has 0 unspecified atom stereocenters. The standard InChI is InChI=1S/C3H4Cl.Au/c1-2-3-4;/h1-2H,3H2;. The van der Waals surface area contributed by atoms with Crippen LogP contribution in [-0.4, -0.2) is 5.88 Å². The maximum atomic E-state index is 5.21. The van der Waals surface area contributed by atoms with Gasteiger partial charge in [0.05, 0.1) is 0 Å². The van der Waals surface area contributed by atoms with Crippen LogP contribution in [0.3, 0.4) is 0 Å². The SMILES string of the molecule is ClCC=[CH][Au]. The van der Waals surface area contributed by atoms with Gasteiger partial charge in [-0.05, 0) is 0 Å². The van der Waals surface area contributed by atoms with Gasteiger partial charge in [-0.25, -0.2) is 0 Å². The minimum atomic E-state index is 0.622. The first-order chi connectivity index (χ1) is 2.41. The molecule has 0 nitrogen and oxygen atoms in total. The van der Waals surface area contributed by atoms with Gasteiger partial charge in [-0.2, -0.15) is 0 Å². The molecule has 0 bridgehead atoms. The molecule has 0 aromatic heterocycles. The molecule has 0 amide bonds. The number of rotatable bonds is 1. The number of allylic oxidation sites excluding steroid dienone is 1. The molecule has 0 heterocycles. The third kappa shape index (κ3) is 4.77. The van der Waals surface area contributed by atoms with Crippen molar-refractivity contribution in [3.05, 3.63) is 10.4 Å². The van der Waals surface area contributed by atoms with Gasteiger partial charge >= 0.3 is 48.9 Å². The molecule has 0 saturated heterocycles. The third-order valence-electron chi connectivity index (χ3n) is 0.160. The second kappa shape index (κ2) is 4.77. The monoisotopic (exact) mass is 272 g/mol. The van der Waals surface area contributed by atoms with Crippen LogP contribution < -0.4 is 0 Å². The zero-order valence-electron chi connectivity index (χ0n) is 2.54. The summed E-state index contributed by atoms with van der Waals surface area (Å²) < 4.78 is 1.87. The second-order valence-electron chi connectivity index (χ2n) is 0.491. The van der Waals surface area contributed by atoms with Crippen LogP contribution in [0, 0.1) is 0 Å². The molecule has 2 heteroatoms. The normalized spacial score (nSPS) is 10.2. The van der Waals surface area contributed by atoms with Gasteiger partial charge in [-0.3, -0.25) is 0 Å². The Bertz CT molecular complexity index is 33.9. The fourth-order valence-electron chi connectivity index (χ4n) is 0.0269. The summed E-state index contributed by atoms with van der Waals surface area (Å²) >= 11 is 7.48. The molecule has 0 rings (SSSR count). The number of halogens is 1. The summed E-state index contributed by atoms with van der Waals surface area (Å²) in [4.78, 5) is 0. The van der Waals surface area contributed by atoms with Crippen molar-refractivity contribution < 1.29 is 21.1 Å². The van der Waals surface area contributed by atoms with Crippen LogP contribution in [0.15, 0.2) is 10.4 Å². The van der Waals surface area contributed by atoms with Gasteiger partial charge in [0.25, 0.3) is 0 Å². The Hall–Kier alpha value is 0.770. The molecule has 0 aliphatic rings. The van der Waals surface area contributed by atoms with E-state index in [1.807, 2.05) is 10.4 Å². The Balaban J connectivity index is 2.62. The summed E-state index contributed by atoms with van der Waals surface area (Å²) in [5.74, 6) is 0.622. The Kier molecular flexibility index (Phi) is 5.51. The van der Waals surface area contributed by atoms with Crippen LogP contribution in [0.2, 0.25) is 0 Å². The van der Waals surface area contributed by atoms with Crippen molar-refractivity contribution in [3.8, 4) is 0 Å². The van der Waals surface area contributed by atoms with Gasteiger partial charge in [0.15, 0.2) is 0 Å². The summed E-state index contributed by atoms with van der Waals surface area (Å²) in [6.07, 6.45) is 1.87. The van der Waals surface area contributed by atoms with E-state index >= 15 is 0 Å². The molecular formula is C3H4AuCl. The zero-order chi connectivity index (χ0) is 4.12. The summed E-state index contributed by atoms with van der Waals surface area (Å²) in [7, 11) is 0. The maximum absolute atomic E-state index is 5.21. The third-order valence-corrected chi connectivity index (χ3v) is 0.849. The quantitative estimate of drug-likeness (QED) is 0.498. The second-order valence-corrected chi connectivity index (χ2v) is 1.52. The molecule has 0 radical (unpaired) electrons. The van der Waals surface area contributed by atoms with Crippen LogP contribution in [-0.2, 0) is 21.1 Å². The molecule has 0 aromatic carbocycles. The van der Waals surface area contributed by atoms with E-state index in [2.05, 4.69) is 21.1 Å². The fourth-order valence-corrected chi connectivity index (χ4v) is 0.660. The molecular weight excluding hydrogens is 268 g/mol. The van der Waals surface area contributed by atoms with Crippen molar-refractivity contribution in [2.75, 3.05) is 5.88 Å². The van der Waals surface area contributed by atoms with Crippen molar-refractivity contribution in [1.29, 1.82) is 0 Å². The molecule has 0 aromatic rings. The average molecular weight is 272 g/mol. The van der Waals surface area contributed by atoms with Crippen LogP contribution in [0.25, 0.3) is 0 Å². The van der Waals surface area contributed by atoms with E-state index in [9.17, 15) is 0 Å². The predicted octanol–water partition coefficient (Wildman–Crippen LogP) is 1.29. The molecule has 0 atom stereocenters. The Morgan fingerprint density at radius 3 is 2.40 bits per heavy atom. The first-order valence-electron chi connectivity index (χ1n) is 1.18. The van der Waals surface area contributed by atoms with Gasteiger partial charge in [0, 0.05) is 0 Å². The van der Waals surface area contributed by atoms with Crippen LogP contribution >= 0.6 is 11.6 Å². The van der Waals surface area contributed by atoms with Gasteiger partial charge in [-0.15, -0.1) is 0 Å². The molecule has 34 valence electrons. The van der Waals surface area contributed by atoms with E-state index in [0.29, 0.717) is 5.88 Å². The summed E-state index contributed by atoms with van der Waals surface area (Å²) in [5.41, 5.74) is 0. The first kappa shape index (κ1) is 5.77. The van der Waals surface area contributed by atoms with E-state index < -0.39 is 0 Å². The number of alkyl halides is 1. The van der Waals surface area contributed by atoms with Crippen molar-refractivity contribution >= 4 is 11.6 Å². The van der Waals surface area contributed by atoms with E-state index in [0.717, 1.165) is 0 Å². The van der Waals surface area contributed by atoms with E-state index in [-0.39, 0.29) is 0 Å². The van der Waals surface area contributed by atoms with E-state index in [1.54, 1.807) is 0 Å². The van der Waals surface area contributed by atoms with Crippen molar-refractivity contribution in [3.63, 3.8) is 0 Å². The number of hydrogen-bond acceptors (Lipinski definition) is 0. The Labute approximate surface area is 49.1 Å². The van der Waals surface area contributed by atoms with Crippen LogP contribution in [0.5, 0.6) is 0 Å². The van der Waals surface area contributed by atoms with Gasteiger partial charge in [0.2, 0.25) is 0 Å². The molecule has 0 aliphatic carbocycles. The molecule has 0 N–H and O–H groups in total. The summed E-state index contributed by atoms with van der Waals surface area (Å²) in [6, 6.07) is 0. The zero-order valence-corrected chi connectivity index (χ0v) is 5.46. The van der Waals surface area contributed by atoms with Crippen molar-refractivity contribution in [2.45, 2.75) is 0 Å². The molecule has 0 fully saturated rings. The van der Waals surface area contributed by atoms with Crippen molar-refractivity contribution in [1.82, 2.24) is 0 Å². The predicted molar refractivity (Wildman–Crippen MR) is 19.9 cm³/mol. The molecule has 0 saturated carbocycles. The Morgan fingerprint density at radius 2 is 2.40 bits per heavy atom. The van der Waals surface area contributed by atoms with Crippen LogP contribution in [0.1, 0.15) is 0 Å². The Morgan fingerprint density at radius 1 is 1.80 bits per heavy atom. The molecule has 0 spiro atoms. The van der Waals surface area contributed by atoms with E-state index in [4.69, 9.17) is 11.6 Å². The summed E-state index contributed by atoms with van der Waals surface area (Å²) in [5, 5.41) is 0. The average Bonchev–Trinajstić information content (AvgIpc) is 1.41. The number of hydrogen-bond donors (Lipinski definition) is 0. The van der Waals surface area contributed by atoms with Gasteiger partial charge in [-0.1, -0.05) is 0 Å². The van der Waals surface area contributed by atoms with E-state index in [1.165, 1.54) is 0 Å². The van der Waals surface area contributed by atoms with Crippen molar-refractivity contribution in [2.24, 2.45) is 0 Å². The first-order valence-corrected chi connectivity index (χ1v) is 2.97. The summed E-state index contributed by atoms with van der Waals surface area (Å²) in [6.45, 7) is 0. The van der Waals surface area contributed by atoms with Crippen LogP contribution in [0.4, 0.5) is 0 Å². The fraction of sp³-hybridized carbons (Fsp3) is 0.333. The molecule has 0 aliphatic heterocycles. The minimum absolute atomic E-state index is 0.622.